The van der Waals surface area contributed by atoms with Crippen molar-refractivity contribution in [3.63, 3.8) is 0 Å². The molecule has 2 atom stereocenters. The van der Waals surface area contributed by atoms with E-state index in [1.807, 2.05) is 24.3 Å². The molecular weight excluding hydrogens is 336 g/mol. The summed E-state index contributed by atoms with van der Waals surface area (Å²) in [5.74, 6) is 1.10. The molecule has 1 fully saturated rings. The smallest absolute Gasteiger partial charge is 0.248 e. The summed E-state index contributed by atoms with van der Waals surface area (Å²) in [5, 5.41) is 0. The number of amides is 1. The second-order valence-electron chi connectivity index (χ2n) is 7.88. The number of methoxy groups -OCH3 is 1. The van der Waals surface area contributed by atoms with E-state index in [1.54, 1.807) is 13.2 Å². The highest BCUT2D eigenvalue weighted by Crippen LogP contribution is 2.39. The number of piperidine rings is 1. The van der Waals surface area contributed by atoms with Crippen molar-refractivity contribution in [1.82, 2.24) is 4.90 Å². The second kappa shape index (κ2) is 8.13. The van der Waals surface area contributed by atoms with Crippen LogP contribution in [0, 0.1) is 5.92 Å². The van der Waals surface area contributed by atoms with E-state index in [0.717, 1.165) is 38.2 Å². The molecule has 2 N–H and O–H groups in total. The van der Waals surface area contributed by atoms with Crippen molar-refractivity contribution in [2.45, 2.75) is 32.1 Å². The Morgan fingerprint density at radius 2 is 2.04 bits per heavy atom. The van der Waals surface area contributed by atoms with E-state index in [9.17, 15) is 4.79 Å². The van der Waals surface area contributed by atoms with Gasteiger partial charge in [0.05, 0.1) is 7.11 Å². The first-order valence-corrected chi connectivity index (χ1v) is 9.68. The average molecular weight is 367 g/mol. The van der Waals surface area contributed by atoms with Crippen molar-refractivity contribution in [1.29, 1.82) is 0 Å². The molecule has 2 aromatic carbocycles. The Hall–Kier alpha value is -2.33. The van der Waals surface area contributed by atoms with E-state index in [4.69, 9.17) is 10.5 Å². The van der Waals surface area contributed by atoms with Crippen LogP contribution in [0.15, 0.2) is 48.5 Å². The van der Waals surface area contributed by atoms with Gasteiger partial charge >= 0.3 is 0 Å². The minimum Gasteiger partial charge on any atom is -0.496 e. The Morgan fingerprint density at radius 1 is 1.26 bits per heavy atom. The topological polar surface area (TPSA) is 55.6 Å². The van der Waals surface area contributed by atoms with E-state index in [2.05, 4.69) is 36.9 Å². The van der Waals surface area contributed by atoms with Crippen LogP contribution < -0.4 is 10.5 Å². The van der Waals surface area contributed by atoms with Gasteiger partial charge in [-0.2, -0.15) is 0 Å². The second-order valence-corrected chi connectivity index (χ2v) is 7.88. The Morgan fingerprint density at radius 3 is 2.74 bits per heavy atom. The number of ether oxygens (including phenoxy) is 1. The molecule has 3 rings (SSSR count). The van der Waals surface area contributed by atoms with Crippen LogP contribution in [0.5, 0.6) is 5.75 Å². The fraction of sp³-hybridized carbons (Fsp3) is 0.435. The highest BCUT2D eigenvalue weighted by Gasteiger charge is 2.38. The van der Waals surface area contributed by atoms with Gasteiger partial charge in [-0.1, -0.05) is 44.2 Å². The lowest BCUT2D eigenvalue weighted by atomic mass is 9.68. The maximum absolute atomic E-state index is 11.5. The molecule has 1 aliphatic rings. The van der Waals surface area contributed by atoms with Gasteiger partial charge in [0.1, 0.15) is 5.75 Å². The fourth-order valence-electron chi connectivity index (χ4n) is 4.16. The van der Waals surface area contributed by atoms with Crippen molar-refractivity contribution in [3.8, 4) is 5.75 Å². The third-order valence-electron chi connectivity index (χ3n) is 6.26. The van der Waals surface area contributed by atoms with Crippen LogP contribution in [-0.4, -0.2) is 37.6 Å². The van der Waals surface area contributed by atoms with Crippen molar-refractivity contribution < 1.29 is 9.53 Å². The summed E-state index contributed by atoms with van der Waals surface area (Å²) in [6, 6.07) is 16.1. The summed E-state index contributed by atoms with van der Waals surface area (Å²) >= 11 is 0. The Kier molecular flexibility index (Phi) is 5.85. The summed E-state index contributed by atoms with van der Waals surface area (Å²) in [6.07, 6.45) is 2.06. The van der Waals surface area contributed by atoms with Gasteiger partial charge in [0.15, 0.2) is 0 Å². The number of likely N-dealkylation sites (tertiary alicyclic amines) is 1. The maximum Gasteiger partial charge on any atom is 0.248 e. The maximum atomic E-state index is 11.5. The number of para-hydroxylation sites is 1. The normalized spacial score (nSPS) is 23.1. The molecule has 0 radical (unpaired) electrons. The molecule has 4 heteroatoms. The number of hydrogen-bond donors (Lipinski definition) is 1. The number of rotatable bonds is 6. The summed E-state index contributed by atoms with van der Waals surface area (Å²) in [7, 11) is 1.73. The van der Waals surface area contributed by atoms with E-state index in [0.29, 0.717) is 11.5 Å². The Bertz CT molecular complexity index is 804. The predicted octanol–water partition coefficient (Wildman–Crippen LogP) is 3.64. The zero-order chi connectivity index (χ0) is 19.4. The molecule has 144 valence electrons. The standard InChI is InChI=1S/C23H30N2O2/c1-17-16-25(13-11-18-7-4-5-10-21(18)27-3)14-12-23(17,2)20-9-6-8-19(15-20)22(24)26/h4-10,15,17H,11-14,16H2,1-3H3,(H2,24,26). The Balaban J connectivity index is 1.66. The van der Waals surface area contributed by atoms with Crippen molar-refractivity contribution in [2.75, 3.05) is 26.7 Å². The largest absolute Gasteiger partial charge is 0.496 e. The number of benzene rings is 2. The van der Waals surface area contributed by atoms with E-state index < -0.39 is 0 Å². The molecule has 0 aliphatic carbocycles. The summed E-state index contributed by atoms with van der Waals surface area (Å²) < 4.78 is 5.47. The van der Waals surface area contributed by atoms with Gasteiger partial charge in [0.2, 0.25) is 5.91 Å². The van der Waals surface area contributed by atoms with E-state index in [1.165, 1.54) is 11.1 Å². The predicted molar refractivity (Wildman–Crippen MR) is 109 cm³/mol. The first kappa shape index (κ1) is 19.4. The highest BCUT2D eigenvalue weighted by molar-refractivity contribution is 5.92. The minimum absolute atomic E-state index is 0.0619. The van der Waals surface area contributed by atoms with Crippen LogP contribution in [0.3, 0.4) is 0 Å². The van der Waals surface area contributed by atoms with Crippen LogP contribution >= 0.6 is 0 Å². The van der Waals surface area contributed by atoms with Crippen LogP contribution in [0.1, 0.15) is 41.8 Å². The zero-order valence-corrected chi connectivity index (χ0v) is 16.6. The zero-order valence-electron chi connectivity index (χ0n) is 16.6. The number of nitrogens with zero attached hydrogens (tertiary/aromatic N) is 1. The summed E-state index contributed by atoms with van der Waals surface area (Å²) in [4.78, 5) is 14.1. The number of nitrogens with two attached hydrogens (primary N) is 1. The van der Waals surface area contributed by atoms with Gasteiger partial charge in [-0.25, -0.2) is 0 Å². The van der Waals surface area contributed by atoms with Gasteiger partial charge < -0.3 is 15.4 Å². The molecular formula is C23H30N2O2. The van der Waals surface area contributed by atoms with Crippen molar-refractivity contribution in [3.05, 3.63) is 65.2 Å². The molecule has 2 aromatic rings. The highest BCUT2D eigenvalue weighted by atomic mass is 16.5. The van der Waals surface area contributed by atoms with Crippen molar-refractivity contribution >= 4 is 5.91 Å². The van der Waals surface area contributed by atoms with Gasteiger partial charge in [0, 0.05) is 18.7 Å². The minimum atomic E-state index is -0.359. The molecule has 0 bridgehead atoms. The number of hydrogen-bond acceptors (Lipinski definition) is 3. The average Bonchev–Trinajstić information content (AvgIpc) is 2.69. The van der Waals surface area contributed by atoms with Gasteiger partial charge in [0.25, 0.3) is 0 Å². The van der Waals surface area contributed by atoms with E-state index in [-0.39, 0.29) is 11.3 Å². The van der Waals surface area contributed by atoms with Crippen LogP contribution in [0.4, 0.5) is 0 Å². The molecule has 1 heterocycles. The number of carbonyl (C=O) groups excluding carboxylic acids is 1. The molecule has 0 spiro atoms. The van der Waals surface area contributed by atoms with Crippen molar-refractivity contribution in [2.24, 2.45) is 11.7 Å². The molecule has 0 saturated carbocycles. The molecule has 1 amide bonds. The molecule has 1 saturated heterocycles. The summed E-state index contributed by atoms with van der Waals surface area (Å²) in [6.45, 7) is 7.76. The van der Waals surface area contributed by atoms with E-state index >= 15 is 0 Å². The Labute approximate surface area is 162 Å². The van der Waals surface area contributed by atoms with Gasteiger partial charge in [-0.3, -0.25) is 4.79 Å². The quantitative estimate of drug-likeness (QED) is 0.849. The molecule has 0 aromatic heterocycles. The first-order valence-electron chi connectivity index (χ1n) is 9.68. The lowest BCUT2D eigenvalue weighted by molar-refractivity contribution is 0.0998. The lowest BCUT2D eigenvalue weighted by Crippen LogP contribution is -2.47. The monoisotopic (exact) mass is 366 g/mol. The SMILES string of the molecule is COc1ccccc1CCN1CCC(C)(c2cccc(C(N)=O)c2)C(C)C1. The molecule has 4 nitrogen and oxygen atoms in total. The third-order valence-corrected chi connectivity index (χ3v) is 6.26. The third kappa shape index (κ3) is 4.16. The van der Waals surface area contributed by atoms with Gasteiger partial charge in [-0.15, -0.1) is 0 Å². The first-order chi connectivity index (χ1) is 12.9. The molecule has 27 heavy (non-hydrogen) atoms. The lowest BCUT2D eigenvalue weighted by Gasteiger charge is -2.45. The summed E-state index contributed by atoms with van der Waals surface area (Å²) in [5.41, 5.74) is 8.61. The molecule has 1 aliphatic heterocycles. The molecule has 2 unspecified atom stereocenters. The fourth-order valence-corrected chi connectivity index (χ4v) is 4.16. The van der Waals surface area contributed by atoms with Crippen LogP contribution in [0.25, 0.3) is 0 Å². The van der Waals surface area contributed by atoms with Crippen LogP contribution in [0.2, 0.25) is 0 Å². The number of primary amides is 1. The van der Waals surface area contributed by atoms with Gasteiger partial charge in [-0.05, 0) is 60.0 Å². The number of carbonyl (C=O) groups is 1. The van der Waals surface area contributed by atoms with Crippen LogP contribution in [-0.2, 0) is 11.8 Å².